The van der Waals surface area contributed by atoms with Gasteiger partial charge in [0.15, 0.2) is 17.0 Å². The first-order valence-corrected chi connectivity index (χ1v) is 15.8. The molecular formula is C31H43N9O6. The standard InChI is InChI=1S/C31H43N9O6/c1-19(2)39-18-32-25-26(33-22-14-16-38(17-15-22)30(42)45-24-12-10-23(11-13-24)40(43)44)36-28(37-27(25)39)34-20-6-8-21(9-7-20)35-29(41)46-31(3,4)5/h10-13,18-22H,6-9,14-17H2,1-5H3,(H,35,41)(H2,33,34,36,37)/t20-,21-. The van der Waals surface area contributed by atoms with Gasteiger partial charge in [0.1, 0.15) is 11.4 Å². The third-order valence-corrected chi connectivity index (χ3v) is 8.11. The summed E-state index contributed by atoms with van der Waals surface area (Å²) in [4.78, 5) is 51.3. The van der Waals surface area contributed by atoms with Crippen molar-refractivity contribution in [3.8, 4) is 5.75 Å². The number of rotatable bonds is 8. The summed E-state index contributed by atoms with van der Waals surface area (Å²) < 4.78 is 12.9. The number of ether oxygens (including phenoxy) is 2. The number of anilines is 2. The maximum Gasteiger partial charge on any atom is 0.415 e. The van der Waals surface area contributed by atoms with E-state index < -0.39 is 16.6 Å². The molecule has 15 heteroatoms. The van der Waals surface area contributed by atoms with Crippen LogP contribution in [0.5, 0.6) is 5.75 Å². The summed E-state index contributed by atoms with van der Waals surface area (Å²) in [5.74, 6) is 1.41. The first kappa shape index (κ1) is 32.7. The van der Waals surface area contributed by atoms with Gasteiger partial charge in [-0.25, -0.2) is 14.6 Å². The number of non-ortho nitro benzene ring substituents is 1. The number of alkyl carbamates (subject to hydrolysis) is 1. The van der Waals surface area contributed by atoms with Crippen LogP contribution < -0.4 is 20.7 Å². The monoisotopic (exact) mass is 637 g/mol. The van der Waals surface area contributed by atoms with E-state index in [1.54, 1.807) is 11.2 Å². The Morgan fingerprint density at radius 1 is 0.957 bits per heavy atom. The van der Waals surface area contributed by atoms with Gasteiger partial charge < -0.3 is 34.9 Å². The Labute approximate surface area is 267 Å². The highest BCUT2D eigenvalue weighted by Gasteiger charge is 2.28. The third-order valence-electron chi connectivity index (χ3n) is 8.11. The van der Waals surface area contributed by atoms with E-state index in [4.69, 9.17) is 19.4 Å². The molecule has 1 aromatic carbocycles. The molecule has 0 unspecified atom stereocenters. The quantitative estimate of drug-likeness (QED) is 0.206. The third kappa shape index (κ3) is 8.31. The van der Waals surface area contributed by atoms with Gasteiger partial charge in [0.05, 0.1) is 11.3 Å². The molecule has 2 aliphatic rings. The highest BCUT2D eigenvalue weighted by molar-refractivity contribution is 5.84. The number of carbonyl (C=O) groups is 2. The van der Waals surface area contributed by atoms with E-state index in [-0.39, 0.29) is 41.7 Å². The number of benzene rings is 1. The van der Waals surface area contributed by atoms with Crippen molar-refractivity contribution in [2.75, 3.05) is 23.7 Å². The summed E-state index contributed by atoms with van der Waals surface area (Å²) in [6, 6.07) is 5.86. The number of imidazole rings is 1. The summed E-state index contributed by atoms with van der Waals surface area (Å²) >= 11 is 0. The second kappa shape index (κ2) is 13.7. The summed E-state index contributed by atoms with van der Waals surface area (Å²) in [6.45, 7) is 10.7. The normalized spacial score (nSPS) is 19.1. The molecule has 0 bridgehead atoms. The van der Waals surface area contributed by atoms with E-state index in [9.17, 15) is 19.7 Å². The molecule has 0 atom stereocenters. The highest BCUT2D eigenvalue weighted by atomic mass is 16.6. The summed E-state index contributed by atoms with van der Waals surface area (Å²) in [5, 5.41) is 20.9. The van der Waals surface area contributed by atoms with Gasteiger partial charge in [0.2, 0.25) is 5.95 Å². The lowest BCUT2D eigenvalue weighted by Crippen LogP contribution is -2.43. The van der Waals surface area contributed by atoms with E-state index in [1.807, 2.05) is 25.3 Å². The minimum Gasteiger partial charge on any atom is -0.444 e. The molecule has 5 rings (SSSR count). The molecule has 3 heterocycles. The number of carbonyl (C=O) groups excluding carboxylic acids is 2. The van der Waals surface area contributed by atoms with Crippen LogP contribution in [0, 0.1) is 10.1 Å². The van der Waals surface area contributed by atoms with Crippen LogP contribution >= 0.6 is 0 Å². The SMILES string of the molecule is CC(C)n1cnc2c(NC3CCN(C(=O)Oc4ccc([N+](=O)[O-])cc4)CC3)nc(N[C@H]3CC[C@H](NC(=O)OC(C)(C)C)CC3)nc21. The second-order valence-electron chi connectivity index (χ2n) is 13.2. The average molecular weight is 638 g/mol. The van der Waals surface area contributed by atoms with Gasteiger partial charge in [0, 0.05) is 49.4 Å². The maximum atomic E-state index is 12.7. The Morgan fingerprint density at radius 3 is 2.20 bits per heavy atom. The van der Waals surface area contributed by atoms with Crippen molar-refractivity contribution in [3.63, 3.8) is 0 Å². The number of nitro benzene ring substituents is 1. The molecule has 2 aromatic heterocycles. The van der Waals surface area contributed by atoms with Gasteiger partial charge in [-0.1, -0.05) is 0 Å². The number of aromatic nitrogens is 4. The van der Waals surface area contributed by atoms with Crippen LogP contribution in [0.2, 0.25) is 0 Å². The van der Waals surface area contributed by atoms with Crippen molar-refractivity contribution < 1.29 is 24.0 Å². The fourth-order valence-corrected chi connectivity index (χ4v) is 5.70. The lowest BCUT2D eigenvalue weighted by molar-refractivity contribution is -0.384. The lowest BCUT2D eigenvalue weighted by Gasteiger charge is -2.32. The van der Waals surface area contributed by atoms with Crippen LogP contribution in [-0.4, -0.2) is 78.3 Å². The zero-order chi connectivity index (χ0) is 33.0. The molecule has 1 aliphatic heterocycles. The van der Waals surface area contributed by atoms with Crippen LogP contribution in [0.3, 0.4) is 0 Å². The van der Waals surface area contributed by atoms with Gasteiger partial charge >= 0.3 is 12.2 Å². The summed E-state index contributed by atoms with van der Waals surface area (Å²) in [6.07, 6.45) is 5.58. The number of amides is 2. The van der Waals surface area contributed by atoms with Crippen LogP contribution in [0.15, 0.2) is 30.6 Å². The maximum absolute atomic E-state index is 12.7. The molecule has 1 saturated carbocycles. The van der Waals surface area contributed by atoms with Gasteiger partial charge in [0.25, 0.3) is 5.69 Å². The number of nitrogens with one attached hydrogen (secondary N) is 3. The molecule has 15 nitrogen and oxygen atoms in total. The van der Waals surface area contributed by atoms with E-state index in [0.29, 0.717) is 43.2 Å². The number of likely N-dealkylation sites (tertiary alicyclic amines) is 1. The van der Waals surface area contributed by atoms with Gasteiger partial charge in [-0.15, -0.1) is 0 Å². The van der Waals surface area contributed by atoms with Crippen LogP contribution in [0.1, 0.15) is 79.2 Å². The van der Waals surface area contributed by atoms with E-state index in [2.05, 4.69) is 34.8 Å². The van der Waals surface area contributed by atoms with Gasteiger partial charge in [-0.3, -0.25) is 10.1 Å². The van der Waals surface area contributed by atoms with Crippen molar-refractivity contribution >= 4 is 40.8 Å². The van der Waals surface area contributed by atoms with Crippen molar-refractivity contribution in [3.05, 3.63) is 40.7 Å². The molecular weight excluding hydrogens is 594 g/mol. The van der Waals surface area contributed by atoms with Crippen molar-refractivity contribution in [1.82, 2.24) is 29.7 Å². The molecule has 0 radical (unpaired) electrons. The zero-order valence-corrected chi connectivity index (χ0v) is 27.0. The molecule has 1 saturated heterocycles. The highest BCUT2D eigenvalue weighted by Crippen LogP contribution is 2.28. The largest absolute Gasteiger partial charge is 0.444 e. The molecule has 46 heavy (non-hydrogen) atoms. The lowest BCUT2D eigenvalue weighted by atomic mass is 9.91. The smallest absolute Gasteiger partial charge is 0.415 e. The molecule has 248 valence electrons. The number of hydrogen-bond donors (Lipinski definition) is 3. The molecule has 0 spiro atoms. The Balaban J connectivity index is 1.19. The second-order valence-corrected chi connectivity index (χ2v) is 13.2. The predicted octanol–water partition coefficient (Wildman–Crippen LogP) is 5.64. The molecule has 2 amide bonds. The summed E-state index contributed by atoms with van der Waals surface area (Å²) in [7, 11) is 0. The Morgan fingerprint density at radius 2 is 1.59 bits per heavy atom. The number of fused-ring (bicyclic) bond motifs is 1. The Bertz CT molecular complexity index is 1540. The Hall–Kier alpha value is -4.69. The fourth-order valence-electron chi connectivity index (χ4n) is 5.70. The number of nitro groups is 1. The molecule has 3 N–H and O–H groups in total. The molecule has 3 aromatic rings. The molecule has 2 fully saturated rings. The number of nitrogens with zero attached hydrogens (tertiary/aromatic N) is 6. The first-order valence-electron chi connectivity index (χ1n) is 15.8. The fraction of sp³-hybridized carbons (Fsp3) is 0.581. The average Bonchev–Trinajstić information content (AvgIpc) is 3.43. The predicted molar refractivity (Wildman–Crippen MR) is 172 cm³/mol. The van der Waals surface area contributed by atoms with Crippen molar-refractivity contribution in [2.45, 2.75) is 103 Å². The molecule has 1 aliphatic carbocycles. The van der Waals surface area contributed by atoms with E-state index >= 15 is 0 Å². The van der Waals surface area contributed by atoms with Gasteiger partial charge in [-0.05, 0) is 85.3 Å². The number of hydrogen-bond acceptors (Lipinski definition) is 11. The van der Waals surface area contributed by atoms with E-state index in [1.165, 1.54) is 24.3 Å². The zero-order valence-electron chi connectivity index (χ0n) is 27.0. The minimum atomic E-state index is -0.535. The first-order chi connectivity index (χ1) is 21.8. The summed E-state index contributed by atoms with van der Waals surface area (Å²) in [5.41, 5.74) is 0.818. The van der Waals surface area contributed by atoms with Crippen LogP contribution in [0.25, 0.3) is 11.2 Å². The van der Waals surface area contributed by atoms with E-state index in [0.717, 1.165) is 31.3 Å². The minimum absolute atomic E-state index is 0.0490. The van der Waals surface area contributed by atoms with Gasteiger partial charge in [-0.2, -0.15) is 9.97 Å². The van der Waals surface area contributed by atoms with Crippen LogP contribution in [0.4, 0.5) is 27.0 Å². The number of piperidine rings is 1. The van der Waals surface area contributed by atoms with Crippen molar-refractivity contribution in [1.29, 1.82) is 0 Å². The van der Waals surface area contributed by atoms with Crippen molar-refractivity contribution in [2.24, 2.45) is 0 Å². The topological polar surface area (TPSA) is 179 Å². The Kier molecular flexibility index (Phi) is 9.77. The van der Waals surface area contributed by atoms with Crippen LogP contribution in [-0.2, 0) is 4.74 Å².